The van der Waals surface area contributed by atoms with Crippen molar-refractivity contribution in [2.75, 3.05) is 0 Å². The predicted octanol–water partition coefficient (Wildman–Crippen LogP) is 3.65. The van der Waals surface area contributed by atoms with Crippen molar-refractivity contribution in [1.29, 1.82) is 0 Å². The Balaban J connectivity index is 1.53. The van der Waals surface area contributed by atoms with E-state index < -0.39 is 5.60 Å². The minimum atomic E-state index is -0.548. The zero-order valence-electron chi connectivity index (χ0n) is 18.8. The Morgan fingerprint density at radius 2 is 1.88 bits per heavy atom. The highest BCUT2D eigenvalue weighted by atomic mass is 16.6. The molecular weight excluding hydrogens is 416 g/mol. The van der Waals surface area contributed by atoms with Crippen molar-refractivity contribution in [2.45, 2.75) is 39.5 Å². The van der Waals surface area contributed by atoms with E-state index in [2.05, 4.69) is 21.9 Å². The number of pyridine rings is 1. The van der Waals surface area contributed by atoms with E-state index in [0.29, 0.717) is 24.0 Å². The summed E-state index contributed by atoms with van der Waals surface area (Å²) in [6, 6.07) is 14.6. The highest BCUT2D eigenvalue weighted by Gasteiger charge is 2.17. The lowest BCUT2D eigenvalue weighted by Crippen LogP contribution is -2.24. The van der Waals surface area contributed by atoms with E-state index in [9.17, 15) is 9.59 Å². The van der Waals surface area contributed by atoms with Crippen LogP contribution in [0.15, 0.2) is 72.2 Å². The van der Waals surface area contributed by atoms with E-state index in [1.165, 1.54) is 6.33 Å². The Hall–Kier alpha value is -4.18. The van der Waals surface area contributed by atoms with Crippen molar-refractivity contribution in [3.05, 3.63) is 94.4 Å². The number of ether oxygens (including phenoxy) is 1. The molecule has 0 saturated heterocycles. The molecular formula is C26H24N4O3. The van der Waals surface area contributed by atoms with Gasteiger partial charge in [-0.05, 0) is 62.1 Å². The number of hydrogen-bond acceptors (Lipinski definition) is 5. The summed E-state index contributed by atoms with van der Waals surface area (Å²) in [5, 5.41) is 5.48. The molecule has 0 spiro atoms. The third-order valence-electron chi connectivity index (χ3n) is 4.86. The van der Waals surface area contributed by atoms with Gasteiger partial charge in [0.2, 0.25) is 0 Å². The van der Waals surface area contributed by atoms with Crippen molar-refractivity contribution in [1.82, 2.24) is 19.3 Å². The molecule has 4 rings (SSSR count). The molecule has 4 aromatic rings. The number of carbonyl (C=O) groups is 1. The lowest BCUT2D eigenvalue weighted by molar-refractivity contribution is 0.00695. The first-order valence-corrected chi connectivity index (χ1v) is 10.6. The van der Waals surface area contributed by atoms with Crippen molar-refractivity contribution >= 4 is 16.7 Å². The van der Waals surface area contributed by atoms with Crippen LogP contribution in [0.5, 0.6) is 0 Å². The molecule has 0 aliphatic carbocycles. The van der Waals surface area contributed by atoms with Gasteiger partial charge in [-0.25, -0.2) is 14.5 Å². The maximum absolute atomic E-state index is 13.1. The number of nitrogens with zero attached hydrogens (tertiary/aromatic N) is 4. The van der Waals surface area contributed by atoms with Crippen LogP contribution in [0, 0.1) is 11.8 Å². The molecule has 0 atom stereocenters. The molecule has 0 bridgehead atoms. The number of benzene rings is 2. The molecule has 0 saturated carbocycles. The maximum atomic E-state index is 13.1. The van der Waals surface area contributed by atoms with Crippen LogP contribution in [-0.2, 0) is 17.8 Å². The van der Waals surface area contributed by atoms with Gasteiger partial charge >= 0.3 is 5.97 Å². The molecule has 0 N–H and O–H groups in total. The van der Waals surface area contributed by atoms with Gasteiger partial charge in [0, 0.05) is 17.1 Å². The molecule has 2 aromatic heterocycles. The molecule has 7 nitrogen and oxygen atoms in total. The van der Waals surface area contributed by atoms with Crippen LogP contribution in [0.25, 0.3) is 10.8 Å². The summed E-state index contributed by atoms with van der Waals surface area (Å²) in [5.41, 5.74) is 1.51. The topological polar surface area (TPSA) is 79.0 Å². The number of rotatable bonds is 4. The number of carbonyl (C=O) groups excluding carboxylic acids is 1. The molecule has 0 aliphatic rings. The Kier molecular flexibility index (Phi) is 6.09. The fourth-order valence-corrected chi connectivity index (χ4v) is 3.30. The van der Waals surface area contributed by atoms with Crippen LogP contribution in [0.2, 0.25) is 0 Å². The van der Waals surface area contributed by atoms with Gasteiger partial charge in [0.1, 0.15) is 24.8 Å². The van der Waals surface area contributed by atoms with Gasteiger partial charge in [0.15, 0.2) is 0 Å². The van der Waals surface area contributed by atoms with Gasteiger partial charge in [-0.3, -0.25) is 4.79 Å². The van der Waals surface area contributed by atoms with Gasteiger partial charge in [0.05, 0.1) is 12.1 Å². The third kappa shape index (κ3) is 5.55. The smallest absolute Gasteiger partial charge is 0.338 e. The first-order valence-electron chi connectivity index (χ1n) is 10.6. The van der Waals surface area contributed by atoms with Crippen LogP contribution < -0.4 is 5.56 Å². The SMILES string of the molecule is CC(C)(C)OC(=O)c1ccc(Cn2ccc3ccc(C#CCn4cncn4)cc3c2=O)cc1. The molecule has 0 amide bonds. The van der Waals surface area contributed by atoms with Crippen LogP contribution in [0.3, 0.4) is 0 Å². The normalized spacial score (nSPS) is 11.1. The number of aromatic nitrogens is 4. The first kappa shape index (κ1) is 22.0. The molecule has 0 unspecified atom stereocenters. The number of esters is 1. The lowest BCUT2D eigenvalue weighted by atomic mass is 10.1. The van der Waals surface area contributed by atoms with E-state index >= 15 is 0 Å². The molecule has 0 radical (unpaired) electrons. The van der Waals surface area contributed by atoms with E-state index in [4.69, 9.17) is 4.74 Å². The van der Waals surface area contributed by atoms with Gasteiger partial charge in [-0.2, -0.15) is 5.10 Å². The van der Waals surface area contributed by atoms with Crippen LogP contribution in [0.4, 0.5) is 0 Å². The zero-order valence-corrected chi connectivity index (χ0v) is 18.8. The molecule has 2 heterocycles. The van der Waals surface area contributed by atoms with Crippen molar-refractivity contribution in [2.24, 2.45) is 0 Å². The standard InChI is InChI=1S/C26H24N4O3/c1-26(2,3)33-25(32)22-10-7-20(8-11-22)16-29-14-12-21-9-6-19(15-23(21)24(29)31)5-4-13-30-18-27-17-28-30/h6-12,14-15,17-18H,13,16H2,1-3H3. The van der Waals surface area contributed by atoms with Crippen molar-refractivity contribution in [3.63, 3.8) is 0 Å². The summed E-state index contributed by atoms with van der Waals surface area (Å²) in [6.07, 6.45) is 4.85. The van der Waals surface area contributed by atoms with Crippen molar-refractivity contribution < 1.29 is 9.53 Å². The summed E-state index contributed by atoms with van der Waals surface area (Å²) >= 11 is 0. The predicted molar refractivity (Wildman–Crippen MR) is 126 cm³/mol. The van der Waals surface area contributed by atoms with Crippen LogP contribution in [-0.4, -0.2) is 30.9 Å². The second kappa shape index (κ2) is 9.13. The fourth-order valence-electron chi connectivity index (χ4n) is 3.30. The summed E-state index contributed by atoms with van der Waals surface area (Å²) in [4.78, 5) is 29.2. The third-order valence-corrected chi connectivity index (χ3v) is 4.86. The summed E-state index contributed by atoms with van der Waals surface area (Å²) < 4.78 is 8.68. The second-order valence-electron chi connectivity index (χ2n) is 8.64. The molecule has 0 aliphatic heterocycles. The van der Waals surface area contributed by atoms with E-state index in [-0.39, 0.29) is 11.5 Å². The minimum Gasteiger partial charge on any atom is -0.456 e. The van der Waals surface area contributed by atoms with E-state index in [0.717, 1.165) is 16.5 Å². The summed E-state index contributed by atoms with van der Waals surface area (Å²) in [7, 11) is 0. The van der Waals surface area contributed by atoms with Crippen molar-refractivity contribution in [3.8, 4) is 11.8 Å². The maximum Gasteiger partial charge on any atom is 0.338 e. The monoisotopic (exact) mass is 440 g/mol. The quantitative estimate of drug-likeness (QED) is 0.358. The number of hydrogen-bond donors (Lipinski definition) is 0. The highest BCUT2D eigenvalue weighted by Crippen LogP contribution is 2.15. The van der Waals surface area contributed by atoms with E-state index in [1.807, 2.05) is 57.2 Å². The molecule has 33 heavy (non-hydrogen) atoms. The Morgan fingerprint density at radius 3 is 2.58 bits per heavy atom. The second-order valence-corrected chi connectivity index (χ2v) is 8.64. The molecule has 166 valence electrons. The minimum absolute atomic E-state index is 0.0938. The molecule has 0 fully saturated rings. The fraction of sp³-hybridized carbons (Fsp3) is 0.231. The number of fused-ring (bicyclic) bond motifs is 1. The van der Waals surface area contributed by atoms with Gasteiger partial charge < -0.3 is 9.30 Å². The van der Waals surface area contributed by atoms with Crippen LogP contribution >= 0.6 is 0 Å². The molecule has 7 heteroatoms. The lowest BCUT2D eigenvalue weighted by Gasteiger charge is -2.19. The highest BCUT2D eigenvalue weighted by molar-refractivity contribution is 5.89. The average Bonchev–Trinajstić information content (AvgIpc) is 3.29. The van der Waals surface area contributed by atoms with E-state index in [1.54, 1.807) is 33.9 Å². The largest absolute Gasteiger partial charge is 0.456 e. The van der Waals surface area contributed by atoms with Gasteiger partial charge in [-0.15, -0.1) is 0 Å². The first-order chi connectivity index (χ1) is 15.8. The zero-order chi connectivity index (χ0) is 23.4. The van der Waals surface area contributed by atoms with Gasteiger partial charge in [-0.1, -0.05) is 30.0 Å². The molecule has 2 aromatic carbocycles. The summed E-state index contributed by atoms with van der Waals surface area (Å²) in [5.74, 6) is 5.74. The Labute approximate surface area is 191 Å². The average molecular weight is 441 g/mol. The Morgan fingerprint density at radius 1 is 1.09 bits per heavy atom. The van der Waals surface area contributed by atoms with Crippen LogP contribution in [0.1, 0.15) is 42.3 Å². The Bertz CT molecular complexity index is 1400. The summed E-state index contributed by atoms with van der Waals surface area (Å²) in [6.45, 7) is 6.32. The van der Waals surface area contributed by atoms with Gasteiger partial charge in [0.25, 0.3) is 5.56 Å².